The van der Waals surface area contributed by atoms with Gasteiger partial charge in [0.2, 0.25) is 5.91 Å². The van der Waals surface area contributed by atoms with Crippen LogP contribution in [-0.2, 0) is 4.79 Å². The first-order chi connectivity index (χ1) is 17.4. The molecule has 2 heterocycles. The number of carbonyl (C=O) groups excluding carboxylic acids is 1. The highest BCUT2D eigenvalue weighted by Gasteiger charge is 2.25. The number of nitrogens with zero attached hydrogens (tertiary/aromatic N) is 2. The second kappa shape index (κ2) is 11.9. The number of benzene rings is 2. The lowest BCUT2D eigenvalue weighted by molar-refractivity contribution is -0.122. The van der Waals surface area contributed by atoms with Gasteiger partial charge in [0.1, 0.15) is 0 Å². The third kappa shape index (κ3) is 6.54. The van der Waals surface area contributed by atoms with Gasteiger partial charge in [-0.1, -0.05) is 54.1 Å². The number of thiophene rings is 1. The van der Waals surface area contributed by atoms with Gasteiger partial charge in [0.15, 0.2) is 6.29 Å². The van der Waals surface area contributed by atoms with E-state index in [1.54, 1.807) is 4.68 Å². The predicted molar refractivity (Wildman–Crippen MR) is 142 cm³/mol. The summed E-state index contributed by atoms with van der Waals surface area (Å²) in [5.41, 5.74) is 4.96. The monoisotopic (exact) mass is 502 g/mol. The number of hydrogen-bond donors (Lipinski definition) is 4. The summed E-state index contributed by atoms with van der Waals surface area (Å²) in [6.07, 6.45) is 1.43. The Morgan fingerprint density at radius 1 is 1.08 bits per heavy atom. The van der Waals surface area contributed by atoms with Crippen LogP contribution in [0.25, 0.3) is 16.9 Å². The molecule has 0 radical (unpaired) electrons. The van der Waals surface area contributed by atoms with E-state index in [1.165, 1.54) is 11.3 Å². The largest absolute Gasteiger partial charge is 0.368 e. The number of nitrogens with one attached hydrogen (secondary N) is 2. The van der Waals surface area contributed by atoms with Gasteiger partial charge in [-0.25, -0.2) is 4.68 Å². The zero-order valence-corrected chi connectivity index (χ0v) is 20.9. The fourth-order valence-electron chi connectivity index (χ4n) is 4.00. The minimum absolute atomic E-state index is 0.129. The Hall–Kier alpha value is -3.59. The number of para-hydroxylation sites is 1. The molecule has 0 spiro atoms. The normalized spacial score (nSPS) is 12.0. The number of aliphatic hydroxyl groups is 2. The molecule has 1 atom stereocenters. The minimum Gasteiger partial charge on any atom is -0.368 e. The molecule has 2 aromatic heterocycles. The summed E-state index contributed by atoms with van der Waals surface area (Å²) in [5, 5.41) is 36.9. The van der Waals surface area contributed by atoms with Crippen LogP contribution >= 0.6 is 11.3 Å². The average Bonchev–Trinajstić information content (AvgIpc) is 3.55. The average molecular weight is 503 g/mol. The first-order valence-corrected chi connectivity index (χ1v) is 12.8. The van der Waals surface area contributed by atoms with Crippen molar-refractivity contribution in [1.82, 2.24) is 15.1 Å². The van der Waals surface area contributed by atoms with Gasteiger partial charge in [-0.3, -0.25) is 4.79 Å². The molecule has 8 heteroatoms. The van der Waals surface area contributed by atoms with Gasteiger partial charge in [0.25, 0.3) is 0 Å². The number of hydrogen-bond acceptors (Lipinski definition) is 6. The molecular formula is C28H30N4O3S. The molecule has 0 saturated carbocycles. The van der Waals surface area contributed by atoms with E-state index in [2.05, 4.69) is 5.32 Å². The van der Waals surface area contributed by atoms with Crippen LogP contribution in [0.4, 0.5) is 0 Å². The van der Waals surface area contributed by atoms with Crippen molar-refractivity contribution in [2.24, 2.45) is 0 Å². The molecule has 0 aliphatic carbocycles. The Kier molecular flexibility index (Phi) is 8.43. The number of amides is 1. The lowest BCUT2D eigenvalue weighted by Gasteiger charge is -2.20. The summed E-state index contributed by atoms with van der Waals surface area (Å²) in [6, 6.07) is 21.2. The Morgan fingerprint density at radius 2 is 1.83 bits per heavy atom. The SMILES string of the molecule is Cc1ccc(-c2nn(-c3ccccc3)cc2C(CC(=N)c2cccs2)NC(=O)CCCC(O)O)cc1. The number of rotatable bonds is 11. The van der Waals surface area contributed by atoms with E-state index in [4.69, 9.17) is 20.7 Å². The molecule has 2 aromatic carbocycles. The summed E-state index contributed by atoms with van der Waals surface area (Å²) in [7, 11) is 0. The lowest BCUT2D eigenvalue weighted by atomic mass is 9.97. The van der Waals surface area contributed by atoms with E-state index in [1.807, 2.05) is 85.2 Å². The topological polar surface area (TPSA) is 111 Å². The molecule has 0 bridgehead atoms. The standard InChI is InChI=1S/C28H30N4O3S/c1-19-12-14-20(15-13-19)28-22(18-32(31-28)21-7-3-2-4-8-21)24(17-23(29)25-9-6-16-36-25)30-26(33)10-5-11-27(34)35/h2-4,6-9,12-16,18,24,27,29,34-35H,5,10-11,17H2,1H3,(H,30,33). The third-order valence-electron chi connectivity index (χ3n) is 5.89. The zero-order chi connectivity index (χ0) is 25.5. The van der Waals surface area contributed by atoms with Crippen LogP contribution in [0.3, 0.4) is 0 Å². The van der Waals surface area contributed by atoms with Gasteiger partial charge in [-0.05, 0) is 43.3 Å². The number of aromatic nitrogens is 2. The smallest absolute Gasteiger partial charge is 0.220 e. The summed E-state index contributed by atoms with van der Waals surface area (Å²) in [5.74, 6) is -0.207. The van der Waals surface area contributed by atoms with Gasteiger partial charge >= 0.3 is 0 Å². The van der Waals surface area contributed by atoms with Crippen LogP contribution in [0, 0.1) is 12.3 Å². The fourth-order valence-corrected chi connectivity index (χ4v) is 4.68. The van der Waals surface area contributed by atoms with Crippen molar-refractivity contribution in [2.75, 3.05) is 0 Å². The molecule has 0 aliphatic rings. The van der Waals surface area contributed by atoms with Crippen molar-refractivity contribution >= 4 is 23.0 Å². The molecule has 0 aliphatic heterocycles. The van der Waals surface area contributed by atoms with Gasteiger partial charge in [-0.2, -0.15) is 5.10 Å². The van der Waals surface area contributed by atoms with Crippen LogP contribution in [0.1, 0.15) is 47.7 Å². The zero-order valence-electron chi connectivity index (χ0n) is 20.1. The van der Waals surface area contributed by atoms with Gasteiger partial charge < -0.3 is 20.9 Å². The number of carbonyl (C=O) groups is 1. The van der Waals surface area contributed by atoms with Crippen LogP contribution in [0.15, 0.2) is 78.3 Å². The van der Waals surface area contributed by atoms with Crippen molar-refractivity contribution in [1.29, 1.82) is 5.41 Å². The highest BCUT2D eigenvalue weighted by Crippen LogP contribution is 2.32. The van der Waals surface area contributed by atoms with Crippen LogP contribution < -0.4 is 5.32 Å². The van der Waals surface area contributed by atoms with E-state index >= 15 is 0 Å². The molecule has 4 rings (SSSR count). The maximum Gasteiger partial charge on any atom is 0.220 e. The molecule has 0 saturated heterocycles. The van der Waals surface area contributed by atoms with Gasteiger partial charge in [0.05, 0.1) is 23.1 Å². The highest BCUT2D eigenvalue weighted by atomic mass is 32.1. The Morgan fingerprint density at radius 3 is 2.50 bits per heavy atom. The van der Waals surface area contributed by atoms with Crippen molar-refractivity contribution < 1.29 is 15.0 Å². The molecule has 4 N–H and O–H groups in total. The molecule has 36 heavy (non-hydrogen) atoms. The van der Waals surface area contributed by atoms with E-state index in [-0.39, 0.29) is 18.7 Å². The van der Waals surface area contributed by atoms with Crippen LogP contribution in [0.2, 0.25) is 0 Å². The van der Waals surface area contributed by atoms with Crippen molar-refractivity contribution in [2.45, 2.75) is 44.9 Å². The molecule has 4 aromatic rings. The van der Waals surface area contributed by atoms with Crippen LogP contribution in [-0.4, -0.2) is 37.9 Å². The highest BCUT2D eigenvalue weighted by molar-refractivity contribution is 7.12. The molecule has 7 nitrogen and oxygen atoms in total. The first-order valence-electron chi connectivity index (χ1n) is 11.9. The second-order valence-electron chi connectivity index (χ2n) is 8.73. The summed E-state index contributed by atoms with van der Waals surface area (Å²) >= 11 is 1.49. The van der Waals surface area contributed by atoms with Crippen molar-refractivity contribution in [3.8, 4) is 16.9 Å². The Bertz CT molecular complexity index is 1280. The van der Waals surface area contributed by atoms with Crippen molar-refractivity contribution in [3.05, 3.63) is 94.3 Å². The van der Waals surface area contributed by atoms with Gasteiger partial charge in [0, 0.05) is 35.0 Å². The minimum atomic E-state index is -1.43. The maximum atomic E-state index is 12.9. The number of aryl methyl sites for hydroxylation is 1. The summed E-state index contributed by atoms with van der Waals surface area (Å²) < 4.78 is 1.81. The van der Waals surface area contributed by atoms with E-state index in [0.717, 1.165) is 32.9 Å². The Balaban J connectivity index is 1.72. The summed E-state index contributed by atoms with van der Waals surface area (Å²) in [4.78, 5) is 13.7. The van der Waals surface area contributed by atoms with E-state index in [0.29, 0.717) is 18.6 Å². The van der Waals surface area contributed by atoms with Gasteiger partial charge in [-0.15, -0.1) is 11.3 Å². The molecule has 1 amide bonds. The van der Waals surface area contributed by atoms with Crippen LogP contribution in [0.5, 0.6) is 0 Å². The fraction of sp³-hybridized carbons (Fsp3) is 0.250. The molecular weight excluding hydrogens is 472 g/mol. The number of aliphatic hydroxyl groups excluding tert-OH is 1. The molecule has 1 unspecified atom stereocenters. The molecule has 186 valence electrons. The maximum absolute atomic E-state index is 12.9. The lowest BCUT2D eigenvalue weighted by Crippen LogP contribution is -2.30. The second-order valence-corrected chi connectivity index (χ2v) is 9.68. The molecule has 0 fully saturated rings. The quantitative estimate of drug-likeness (QED) is 0.171. The van der Waals surface area contributed by atoms with Crippen molar-refractivity contribution in [3.63, 3.8) is 0 Å². The Labute approximate surface area is 214 Å². The first kappa shape index (κ1) is 25.5. The predicted octanol–water partition coefficient (Wildman–Crippen LogP) is 5.01. The van der Waals surface area contributed by atoms with E-state index in [9.17, 15) is 4.79 Å². The van der Waals surface area contributed by atoms with E-state index < -0.39 is 12.3 Å². The third-order valence-corrected chi connectivity index (χ3v) is 6.82. The summed E-state index contributed by atoms with van der Waals surface area (Å²) in [6.45, 7) is 2.03.